The predicted molar refractivity (Wildman–Crippen MR) is 79.8 cm³/mol. The molecule has 0 spiro atoms. The van der Waals surface area contributed by atoms with Gasteiger partial charge in [0.05, 0.1) is 5.69 Å². The molecule has 0 bridgehead atoms. The highest BCUT2D eigenvalue weighted by atomic mass is 19.1. The highest BCUT2D eigenvalue weighted by Gasteiger charge is 2.15. The molecule has 2 aromatic rings. The minimum absolute atomic E-state index is 0.137. The summed E-state index contributed by atoms with van der Waals surface area (Å²) >= 11 is 0. The fourth-order valence-electron chi connectivity index (χ4n) is 1.83. The van der Waals surface area contributed by atoms with Crippen LogP contribution in [0.25, 0.3) is 0 Å². The Kier molecular flexibility index (Phi) is 5.24. The van der Waals surface area contributed by atoms with Crippen molar-refractivity contribution in [3.8, 4) is 5.75 Å². The maximum atomic E-state index is 13.4. The van der Waals surface area contributed by atoms with Crippen molar-refractivity contribution in [2.45, 2.75) is 6.42 Å². The van der Waals surface area contributed by atoms with Gasteiger partial charge in [-0.3, -0.25) is 9.59 Å². The van der Waals surface area contributed by atoms with E-state index in [4.69, 9.17) is 5.11 Å². The molecule has 2 aromatic carbocycles. The van der Waals surface area contributed by atoms with Crippen molar-refractivity contribution in [3.63, 3.8) is 0 Å². The second-order valence-corrected chi connectivity index (χ2v) is 4.75. The van der Waals surface area contributed by atoms with Gasteiger partial charge in [0, 0.05) is 12.6 Å². The predicted octanol–water partition coefficient (Wildman–Crippen LogP) is 1.97. The van der Waals surface area contributed by atoms with Crippen LogP contribution in [-0.2, 0) is 16.0 Å². The normalized spacial score (nSPS) is 10.2. The van der Waals surface area contributed by atoms with Gasteiger partial charge < -0.3 is 15.7 Å². The van der Waals surface area contributed by atoms with Crippen molar-refractivity contribution in [2.75, 3.05) is 11.9 Å². The zero-order chi connectivity index (χ0) is 16.8. The van der Waals surface area contributed by atoms with E-state index in [0.717, 1.165) is 17.7 Å². The summed E-state index contributed by atoms with van der Waals surface area (Å²) in [4.78, 5) is 23.2. The van der Waals surface area contributed by atoms with Crippen LogP contribution >= 0.6 is 0 Å². The quantitative estimate of drug-likeness (QED) is 0.754. The van der Waals surface area contributed by atoms with E-state index in [9.17, 15) is 18.4 Å². The first-order chi connectivity index (χ1) is 11.0. The first kappa shape index (κ1) is 16.4. The van der Waals surface area contributed by atoms with E-state index in [-0.39, 0.29) is 18.0 Å². The minimum atomic E-state index is -1.04. The molecule has 0 aromatic heterocycles. The molecule has 0 atom stereocenters. The van der Waals surface area contributed by atoms with E-state index < -0.39 is 23.4 Å². The van der Waals surface area contributed by atoms with E-state index in [1.807, 2.05) is 0 Å². The van der Waals surface area contributed by atoms with Crippen LogP contribution in [-0.4, -0.2) is 23.5 Å². The third-order valence-corrected chi connectivity index (χ3v) is 3.02. The number of aromatic hydroxyl groups is 1. The average Bonchev–Trinajstić information content (AvgIpc) is 2.51. The molecule has 120 valence electrons. The largest absolute Gasteiger partial charge is 0.508 e. The number of hydrogen-bond acceptors (Lipinski definition) is 3. The topological polar surface area (TPSA) is 78.4 Å². The Bertz CT molecular complexity index is 718. The molecule has 0 radical (unpaired) electrons. The van der Waals surface area contributed by atoms with Gasteiger partial charge in [0.1, 0.15) is 17.4 Å². The van der Waals surface area contributed by atoms with Crippen LogP contribution in [0, 0.1) is 11.6 Å². The molecule has 23 heavy (non-hydrogen) atoms. The molecule has 0 aliphatic heterocycles. The van der Waals surface area contributed by atoms with Crippen molar-refractivity contribution < 1.29 is 23.5 Å². The number of carbonyl (C=O) groups excluding carboxylic acids is 2. The van der Waals surface area contributed by atoms with Crippen LogP contribution in [0.15, 0.2) is 42.5 Å². The summed E-state index contributed by atoms with van der Waals surface area (Å²) in [7, 11) is 0. The number of carbonyl (C=O) groups is 2. The maximum Gasteiger partial charge on any atom is 0.313 e. The average molecular weight is 320 g/mol. The second-order valence-electron chi connectivity index (χ2n) is 4.75. The molecule has 0 aliphatic rings. The smallest absolute Gasteiger partial charge is 0.313 e. The zero-order valence-corrected chi connectivity index (χ0v) is 12.0. The summed E-state index contributed by atoms with van der Waals surface area (Å²) in [5.74, 6) is -3.57. The van der Waals surface area contributed by atoms with Crippen LogP contribution in [0.2, 0.25) is 0 Å². The molecule has 5 nitrogen and oxygen atoms in total. The van der Waals surface area contributed by atoms with E-state index in [2.05, 4.69) is 10.6 Å². The van der Waals surface area contributed by atoms with Gasteiger partial charge in [-0.2, -0.15) is 0 Å². The fourth-order valence-corrected chi connectivity index (χ4v) is 1.83. The number of hydrogen-bond donors (Lipinski definition) is 3. The molecule has 0 aliphatic carbocycles. The van der Waals surface area contributed by atoms with Crippen LogP contribution < -0.4 is 10.6 Å². The zero-order valence-electron chi connectivity index (χ0n) is 12.0. The second kappa shape index (κ2) is 7.35. The Labute approximate surface area is 130 Å². The third-order valence-electron chi connectivity index (χ3n) is 3.02. The number of benzene rings is 2. The molecule has 7 heteroatoms. The summed E-state index contributed by atoms with van der Waals surface area (Å²) in [5.41, 5.74) is 0.596. The van der Waals surface area contributed by atoms with E-state index >= 15 is 0 Å². The number of phenolic OH excluding ortho intramolecular Hbond substituents is 1. The highest BCUT2D eigenvalue weighted by Crippen LogP contribution is 2.14. The molecule has 0 saturated carbocycles. The number of halogens is 2. The molecule has 2 rings (SSSR count). The Hall–Kier alpha value is -2.96. The van der Waals surface area contributed by atoms with Gasteiger partial charge in [-0.05, 0) is 36.2 Å². The molecule has 0 unspecified atom stereocenters. The molecule has 2 amide bonds. The third kappa shape index (κ3) is 4.77. The molecule has 0 fully saturated rings. The molecular weight excluding hydrogens is 306 g/mol. The van der Waals surface area contributed by atoms with E-state index in [1.165, 1.54) is 12.1 Å². The lowest BCUT2D eigenvalue weighted by atomic mass is 10.1. The SMILES string of the molecule is O=C(NCCc1ccc(O)cc1)C(=O)Nc1ccc(F)cc1F. The van der Waals surface area contributed by atoms with Gasteiger partial charge in [0.2, 0.25) is 0 Å². The van der Waals surface area contributed by atoms with Crippen LogP contribution in [0.4, 0.5) is 14.5 Å². The molecular formula is C16H14F2N2O3. The number of anilines is 1. The van der Waals surface area contributed by atoms with E-state index in [0.29, 0.717) is 12.5 Å². The van der Waals surface area contributed by atoms with Gasteiger partial charge in [-0.15, -0.1) is 0 Å². The van der Waals surface area contributed by atoms with Gasteiger partial charge in [-0.1, -0.05) is 12.1 Å². The van der Waals surface area contributed by atoms with Gasteiger partial charge in [0.25, 0.3) is 0 Å². The summed E-state index contributed by atoms with van der Waals surface area (Å²) in [6.45, 7) is 0.197. The first-order valence-corrected chi connectivity index (χ1v) is 6.78. The van der Waals surface area contributed by atoms with Gasteiger partial charge in [-0.25, -0.2) is 8.78 Å². The number of amides is 2. The first-order valence-electron chi connectivity index (χ1n) is 6.78. The van der Waals surface area contributed by atoms with Gasteiger partial charge >= 0.3 is 11.8 Å². The van der Waals surface area contributed by atoms with Crippen molar-refractivity contribution in [1.29, 1.82) is 0 Å². The standard InChI is InChI=1S/C16H14F2N2O3/c17-11-3-6-14(13(18)9-11)20-16(23)15(22)19-8-7-10-1-4-12(21)5-2-10/h1-6,9,21H,7-8H2,(H,19,22)(H,20,23). The highest BCUT2D eigenvalue weighted by molar-refractivity contribution is 6.39. The molecule has 0 saturated heterocycles. The molecule has 3 N–H and O–H groups in total. The van der Waals surface area contributed by atoms with E-state index in [1.54, 1.807) is 12.1 Å². The lowest BCUT2D eigenvalue weighted by Crippen LogP contribution is -2.36. The monoisotopic (exact) mass is 320 g/mol. The lowest BCUT2D eigenvalue weighted by Gasteiger charge is -2.07. The number of nitrogens with one attached hydrogen (secondary N) is 2. The van der Waals surface area contributed by atoms with Gasteiger partial charge in [0.15, 0.2) is 0 Å². The Morgan fingerprint density at radius 2 is 1.70 bits per heavy atom. The Morgan fingerprint density at radius 3 is 2.35 bits per heavy atom. The van der Waals surface area contributed by atoms with Crippen molar-refractivity contribution in [1.82, 2.24) is 5.32 Å². The van der Waals surface area contributed by atoms with Crippen molar-refractivity contribution in [2.24, 2.45) is 0 Å². The van der Waals surface area contributed by atoms with Crippen molar-refractivity contribution >= 4 is 17.5 Å². The summed E-state index contributed by atoms with van der Waals surface area (Å²) in [5, 5.41) is 13.6. The van der Waals surface area contributed by atoms with Crippen LogP contribution in [0.5, 0.6) is 5.75 Å². The summed E-state index contributed by atoms with van der Waals surface area (Å²) in [6.07, 6.45) is 0.463. The molecule has 0 heterocycles. The van der Waals surface area contributed by atoms with Crippen molar-refractivity contribution in [3.05, 3.63) is 59.7 Å². The fraction of sp³-hybridized carbons (Fsp3) is 0.125. The maximum absolute atomic E-state index is 13.4. The lowest BCUT2D eigenvalue weighted by molar-refractivity contribution is -0.136. The number of rotatable bonds is 4. The summed E-state index contributed by atoms with van der Waals surface area (Å²) < 4.78 is 26.1. The summed E-state index contributed by atoms with van der Waals surface area (Å²) in [6, 6.07) is 9.03. The van der Waals surface area contributed by atoms with Crippen LogP contribution in [0.3, 0.4) is 0 Å². The Balaban J connectivity index is 1.83. The Morgan fingerprint density at radius 1 is 1.00 bits per heavy atom. The number of phenols is 1. The van der Waals surface area contributed by atoms with Crippen LogP contribution in [0.1, 0.15) is 5.56 Å². The minimum Gasteiger partial charge on any atom is -0.508 e.